The molecule has 8 aromatic carbocycles. The van der Waals surface area contributed by atoms with Crippen LogP contribution in [0.15, 0.2) is 173 Å². The van der Waals surface area contributed by atoms with E-state index in [4.69, 9.17) is 4.26 Å². The van der Waals surface area contributed by atoms with Gasteiger partial charge in [-0.15, -0.1) is 24.8 Å². The Hall–Kier alpha value is -4.40. The topological polar surface area (TPSA) is 0 Å². The molecule has 2 aliphatic carbocycles. The van der Waals surface area contributed by atoms with E-state index in [9.17, 15) is 0 Å². The summed E-state index contributed by atoms with van der Waals surface area (Å²) >= 11 is -5.19. The zero-order valence-electron chi connectivity index (χ0n) is 27.6. The van der Waals surface area contributed by atoms with Crippen LogP contribution in [-0.2, 0) is 24.4 Å². The fraction of sp³-hybridized carbons (Fsp3) is 0.0426. The second-order valence-corrected chi connectivity index (χ2v) is 32.7. The van der Waals surface area contributed by atoms with Crippen molar-refractivity contribution < 1.29 is 18.0 Å². The van der Waals surface area contributed by atoms with E-state index in [1.165, 1.54) is 78.6 Å². The molecule has 0 aromatic heterocycles. The predicted octanol–water partition coefficient (Wildman–Crippen LogP) is 11.0. The van der Waals surface area contributed by atoms with Gasteiger partial charge in [0.25, 0.3) is 0 Å². The second kappa shape index (κ2) is 12.1. The van der Waals surface area contributed by atoms with Crippen LogP contribution >= 0.6 is 24.8 Å². The van der Waals surface area contributed by atoms with Gasteiger partial charge >= 0.3 is 284 Å². The summed E-state index contributed by atoms with van der Waals surface area (Å²) in [6.07, 6.45) is 8.91. The summed E-state index contributed by atoms with van der Waals surface area (Å²) in [7, 11) is 0. The molecule has 50 heavy (non-hydrogen) atoms. The van der Waals surface area contributed by atoms with Crippen LogP contribution in [0.1, 0.15) is 17.5 Å². The summed E-state index contributed by atoms with van der Waals surface area (Å²) in [5.41, 5.74) is 5.65. The molecule has 0 heterocycles. The molecule has 0 atom stereocenters. The molecule has 242 valence electrons. The molecule has 10 rings (SSSR count). The van der Waals surface area contributed by atoms with Gasteiger partial charge in [0.1, 0.15) is 0 Å². The van der Waals surface area contributed by atoms with Gasteiger partial charge in [0.15, 0.2) is 0 Å². The first-order chi connectivity index (χ1) is 23.6. The minimum absolute atomic E-state index is 0. The van der Waals surface area contributed by atoms with E-state index in [0.717, 1.165) is 12.8 Å². The zero-order valence-corrected chi connectivity index (χ0v) is 32.8. The predicted molar refractivity (Wildman–Crippen MR) is 220 cm³/mol. The molecule has 0 spiro atoms. The average Bonchev–Trinajstić information content (AvgIpc) is 3.84. The fourth-order valence-corrected chi connectivity index (χ4v) is 31.7. The van der Waals surface area contributed by atoms with Crippen LogP contribution in [0.5, 0.6) is 0 Å². The first kappa shape index (κ1) is 32.8. The van der Waals surface area contributed by atoms with Crippen molar-refractivity contribution in [1.29, 1.82) is 0 Å². The SMILES string of the molecule is Cl.Cl.[CH2]=[Hf]([C]1=CC=CC1)([c]1ccc2ccccc2c1)([c]1ccc2ccccc2c1)[c]1cccc2c1c1c(c3ccccc32)-c2ccccc2C1. The number of fused-ring (bicyclic) bond motifs is 10. The van der Waals surface area contributed by atoms with Crippen LogP contribution in [0, 0.1) is 0 Å². The number of allylic oxidation sites excluding steroid dienone is 4. The minimum atomic E-state index is -5.19. The number of benzene rings is 8. The Morgan fingerprint density at radius 3 is 1.76 bits per heavy atom. The zero-order chi connectivity index (χ0) is 31.9. The Kier molecular flexibility index (Phi) is 7.95. The molecule has 0 saturated carbocycles. The van der Waals surface area contributed by atoms with Crippen molar-refractivity contribution in [3.8, 4) is 11.1 Å². The maximum absolute atomic E-state index is 5.82. The van der Waals surface area contributed by atoms with E-state index in [1.807, 2.05) is 0 Å². The fourth-order valence-electron chi connectivity index (χ4n) is 9.32. The number of rotatable bonds is 4. The third-order valence-electron chi connectivity index (χ3n) is 11.7. The van der Waals surface area contributed by atoms with Crippen LogP contribution in [0.4, 0.5) is 0 Å². The molecule has 0 bridgehead atoms. The summed E-state index contributed by atoms with van der Waals surface area (Å²) < 4.78 is 11.6. The first-order valence-corrected chi connectivity index (χ1v) is 26.8. The molecule has 0 fully saturated rings. The summed E-state index contributed by atoms with van der Waals surface area (Å²) in [6, 6.07) is 57.5. The van der Waals surface area contributed by atoms with Crippen LogP contribution in [0.2, 0.25) is 0 Å². The van der Waals surface area contributed by atoms with Gasteiger partial charge in [-0.05, 0) is 0 Å². The molecule has 0 saturated heterocycles. The second-order valence-electron chi connectivity index (χ2n) is 13.9. The van der Waals surface area contributed by atoms with Gasteiger partial charge in [-0.3, -0.25) is 0 Å². The monoisotopic (exact) mass is 850 g/mol. The van der Waals surface area contributed by atoms with Crippen LogP contribution in [-0.4, -0.2) is 4.26 Å². The summed E-state index contributed by atoms with van der Waals surface area (Å²) in [5, 5.41) is 10.5. The van der Waals surface area contributed by atoms with E-state index in [0.29, 0.717) is 0 Å². The molecule has 0 aliphatic heterocycles. The molecule has 2 aliphatic rings. The Labute approximate surface area is 306 Å². The Balaban J connectivity index is 0.00000180. The standard InChI is InChI=1S/C21H13.2C10H7.C5H5.CH2.2ClH.Hf/c1-2-8-15-14(7-1)13-20-18-11-4-3-9-16(18)17-10-5-6-12-19(17)21(15)20;2*1-2-6-10-8-4-3-7-9(10)5-1;1-2-4-5-3-1;;;;/h1-10,12H,13H2;2*1-3,5-8H;1-3H,4H2;1H2;2*1H;. The molecule has 3 heteroatoms. The van der Waals surface area contributed by atoms with Crippen LogP contribution in [0.25, 0.3) is 54.2 Å². The van der Waals surface area contributed by atoms with Crippen molar-refractivity contribution in [2.24, 2.45) is 0 Å². The molecule has 0 unspecified atom stereocenters. The third-order valence-corrected chi connectivity index (χ3v) is 35.2. The molecular formula is C47H36Cl2Hf. The number of hydrogen-bond donors (Lipinski definition) is 0. The van der Waals surface area contributed by atoms with Gasteiger partial charge in [0, 0.05) is 0 Å². The normalized spacial score (nSPS) is 13.6. The average molecular weight is 850 g/mol. The number of hydrogen-bond acceptors (Lipinski definition) is 0. The summed E-state index contributed by atoms with van der Waals surface area (Å²) in [4.78, 5) is 0. The molecule has 8 aromatic rings. The molecular weight excluding hydrogens is 814 g/mol. The molecule has 0 radical (unpaired) electrons. The van der Waals surface area contributed by atoms with Gasteiger partial charge in [-0.1, -0.05) is 0 Å². The van der Waals surface area contributed by atoms with Crippen molar-refractivity contribution in [3.05, 3.63) is 184 Å². The van der Waals surface area contributed by atoms with E-state index in [1.54, 1.807) is 0 Å². The van der Waals surface area contributed by atoms with Crippen molar-refractivity contribution in [2.75, 3.05) is 0 Å². The molecule has 0 nitrogen and oxygen atoms in total. The van der Waals surface area contributed by atoms with E-state index in [-0.39, 0.29) is 24.8 Å². The molecule has 0 N–H and O–H groups in total. The molecule has 0 amide bonds. The van der Waals surface area contributed by atoms with Gasteiger partial charge in [-0.2, -0.15) is 0 Å². The van der Waals surface area contributed by atoms with Gasteiger partial charge in [0.2, 0.25) is 0 Å². The van der Waals surface area contributed by atoms with Gasteiger partial charge < -0.3 is 0 Å². The van der Waals surface area contributed by atoms with E-state index < -0.39 is 18.0 Å². The first-order valence-electron chi connectivity index (χ1n) is 17.1. The van der Waals surface area contributed by atoms with E-state index >= 15 is 0 Å². The quantitative estimate of drug-likeness (QED) is 0.122. The van der Waals surface area contributed by atoms with Gasteiger partial charge in [0.05, 0.1) is 0 Å². The third kappa shape index (κ3) is 4.37. The van der Waals surface area contributed by atoms with Gasteiger partial charge in [-0.25, -0.2) is 0 Å². The van der Waals surface area contributed by atoms with Crippen molar-refractivity contribution >= 4 is 82.1 Å². The van der Waals surface area contributed by atoms with Crippen LogP contribution in [0.3, 0.4) is 0 Å². The summed E-state index contributed by atoms with van der Waals surface area (Å²) in [6.45, 7) is 0. The Morgan fingerprint density at radius 1 is 0.520 bits per heavy atom. The Morgan fingerprint density at radius 2 is 1.10 bits per heavy atom. The summed E-state index contributed by atoms with van der Waals surface area (Å²) in [5.74, 6) is 0. The maximum atomic E-state index is 5.82. The van der Waals surface area contributed by atoms with Crippen molar-refractivity contribution in [2.45, 2.75) is 12.8 Å². The van der Waals surface area contributed by atoms with Crippen molar-refractivity contribution in [3.63, 3.8) is 0 Å². The van der Waals surface area contributed by atoms with E-state index in [2.05, 4.69) is 170 Å². The van der Waals surface area contributed by atoms with Crippen molar-refractivity contribution in [1.82, 2.24) is 0 Å². The Bertz CT molecular complexity index is 2720. The van der Waals surface area contributed by atoms with Crippen LogP contribution < -0.4 is 9.96 Å². The number of halogens is 2.